The zero-order valence-electron chi connectivity index (χ0n) is 28.8. The molecule has 4 heteroatoms. The summed E-state index contributed by atoms with van der Waals surface area (Å²) in [5.74, 6) is 0.167. The summed E-state index contributed by atoms with van der Waals surface area (Å²) < 4.78 is -0.0766. The SMILES string of the molecule is CCCCCCCC/C=C\CCCCCCCC(=O)[N+](C)(C)C(=O)CCCCCCC/C=C\CCCCCCCC.[OH-]. The summed E-state index contributed by atoms with van der Waals surface area (Å²) in [5, 5.41) is 0. The molecule has 0 radical (unpaired) electrons. The van der Waals surface area contributed by atoms with E-state index in [2.05, 4.69) is 38.2 Å². The summed E-state index contributed by atoms with van der Waals surface area (Å²) in [6.45, 7) is 4.54. The van der Waals surface area contributed by atoms with E-state index < -0.39 is 0 Å². The number of carbonyl (C=O) groups is 2. The van der Waals surface area contributed by atoms with Crippen molar-refractivity contribution >= 4 is 11.8 Å². The number of rotatable bonds is 30. The van der Waals surface area contributed by atoms with Crippen molar-refractivity contribution in [1.29, 1.82) is 0 Å². The molecular formula is C38H73NO3. The van der Waals surface area contributed by atoms with Gasteiger partial charge in [-0.3, -0.25) is 0 Å². The molecule has 248 valence electrons. The third-order valence-electron chi connectivity index (χ3n) is 8.55. The minimum absolute atomic E-state index is 0. The number of nitrogens with zero attached hydrogens (tertiary/aromatic N) is 1. The van der Waals surface area contributed by atoms with Crippen LogP contribution in [0.1, 0.15) is 194 Å². The second kappa shape index (κ2) is 32.6. The first-order valence-electron chi connectivity index (χ1n) is 18.2. The van der Waals surface area contributed by atoms with Crippen LogP contribution < -0.4 is 0 Å². The molecule has 0 spiro atoms. The lowest BCUT2D eigenvalue weighted by Crippen LogP contribution is -2.50. The van der Waals surface area contributed by atoms with E-state index in [0.717, 1.165) is 25.7 Å². The molecule has 0 aliphatic carbocycles. The van der Waals surface area contributed by atoms with Crippen LogP contribution in [0.25, 0.3) is 0 Å². The Labute approximate surface area is 263 Å². The smallest absolute Gasteiger partial charge is 0.320 e. The molecular weight excluding hydrogens is 518 g/mol. The van der Waals surface area contributed by atoms with E-state index >= 15 is 0 Å². The van der Waals surface area contributed by atoms with Crippen LogP contribution in [0.4, 0.5) is 0 Å². The largest absolute Gasteiger partial charge is 0.870 e. The number of hydrogen-bond donors (Lipinski definition) is 0. The quantitative estimate of drug-likeness (QED) is 0.0474. The Hall–Kier alpha value is -1.26. The Morgan fingerprint density at radius 2 is 0.643 bits per heavy atom. The molecule has 2 amide bonds. The number of unbranched alkanes of at least 4 members (excludes halogenated alkanes) is 22. The van der Waals surface area contributed by atoms with E-state index in [1.54, 1.807) is 14.1 Å². The van der Waals surface area contributed by atoms with Gasteiger partial charge >= 0.3 is 11.8 Å². The van der Waals surface area contributed by atoms with Gasteiger partial charge in [-0.05, 0) is 64.2 Å². The number of amides is 2. The number of carbonyl (C=O) groups excluding carboxylic acids is 2. The zero-order valence-corrected chi connectivity index (χ0v) is 28.8. The molecule has 0 fully saturated rings. The summed E-state index contributed by atoms with van der Waals surface area (Å²) in [7, 11) is 3.58. The van der Waals surface area contributed by atoms with Crippen molar-refractivity contribution in [3.63, 3.8) is 0 Å². The molecule has 0 saturated carbocycles. The third-order valence-corrected chi connectivity index (χ3v) is 8.55. The molecule has 0 unspecified atom stereocenters. The molecule has 1 N–H and O–H groups in total. The Kier molecular flexibility index (Phi) is 33.3. The van der Waals surface area contributed by atoms with Crippen LogP contribution in [0, 0.1) is 0 Å². The van der Waals surface area contributed by atoms with E-state index in [4.69, 9.17) is 0 Å². The minimum atomic E-state index is -0.0766. The third kappa shape index (κ3) is 27.6. The van der Waals surface area contributed by atoms with Crippen molar-refractivity contribution in [2.75, 3.05) is 14.1 Å². The molecule has 0 heterocycles. The number of quaternary nitrogens is 1. The molecule has 0 aromatic rings. The Morgan fingerprint density at radius 1 is 0.405 bits per heavy atom. The lowest BCUT2D eigenvalue weighted by molar-refractivity contribution is -0.736. The van der Waals surface area contributed by atoms with E-state index in [1.165, 1.54) is 141 Å². The van der Waals surface area contributed by atoms with Crippen LogP contribution >= 0.6 is 0 Å². The van der Waals surface area contributed by atoms with Crippen molar-refractivity contribution in [1.82, 2.24) is 0 Å². The van der Waals surface area contributed by atoms with E-state index in [0.29, 0.717) is 12.8 Å². The second-order valence-electron chi connectivity index (χ2n) is 12.9. The van der Waals surface area contributed by atoms with Gasteiger partial charge in [-0.15, -0.1) is 0 Å². The highest BCUT2D eigenvalue weighted by atomic mass is 16.2. The zero-order chi connectivity index (χ0) is 30.3. The van der Waals surface area contributed by atoms with Crippen LogP contribution in [0.15, 0.2) is 24.3 Å². The van der Waals surface area contributed by atoms with Crippen molar-refractivity contribution in [3.05, 3.63) is 24.3 Å². The van der Waals surface area contributed by atoms with Gasteiger partial charge in [-0.2, -0.15) is 0 Å². The normalized spacial score (nSPS) is 11.9. The Bertz CT molecular complexity index is 599. The predicted molar refractivity (Wildman–Crippen MR) is 183 cm³/mol. The lowest BCUT2D eigenvalue weighted by Gasteiger charge is -2.24. The van der Waals surface area contributed by atoms with Gasteiger partial charge in [0.05, 0.1) is 26.9 Å². The fraction of sp³-hybridized carbons (Fsp3) is 0.842. The van der Waals surface area contributed by atoms with Gasteiger partial charge in [-0.25, -0.2) is 14.1 Å². The minimum Gasteiger partial charge on any atom is -0.870 e. The van der Waals surface area contributed by atoms with E-state index in [-0.39, 0.29) is 21.8 Å². The molecule has 0 bridgehead atoms. The lowest BCUT2D eigenvalue weighted by atomic mass is 10.1. The Balaban J connectivity index is 0. The van der Waals surface area contributed by atoms with E-state index in [9.17, 15) is 9.59 Å². The molecule has 0 saturated heterocycles. The van der Waals surface area contributed by atoms with Crippen LogP contribution in [0.5, 0.6) is 0 Å². The van der Waals surface area contributed by atoms with Gasteiger partial charge in [0.1, 0.15) is 0 Å². The highest BCUT2D eigenvalue weighted by molar-refractivity contribution is 5.84. The van der Waals surface area contributed by atoms with Crippen LogP contribution in [0.3, 0.4) is 0 Å². The average Bonchev–Trinajstić information content (AvgIpc) is 2.96. The molecule has 0 rings (SSSR count). The summed E-state index contributed by atoms with van der Waals surface area (Å²) in [6, 6.07) is 0. The van der Waals surface area contributed by atoms with Gasteiger partial charge in [-0.1, -0.05) is 141 Å². The van der Waals surface area contributed by atoms with Crippen molar-refractivity contribution in [3.8, 4) is 0 Å². The number of allylic oxidation sites excluding steroid dienone is 4. The fourth-order valence-corrected chi connectivity index (χ4v) is 5.39. The van der Waals surface area contributed by atoms with Gasteiger partial charge in [0.25, 0.3) is 0 Å². The first-order chi connectivity index (χ1) is 20.0. The van der Waals surface area contributed by atoms with E-state index in [1.807, 2.05) is 0 Å². The average molecular weight is 592 g/mol. The maximum atomic E-state index is 12.7. The highest BCUT2D eigenvalue weighted by Crippen LogP contribution is 2.15. The van der Waals surface area contributed by atoms with Crippen molar-refractivity contribution in [2.45, 2.75) is 194 Å². The molecule has 0 aliphatic rings. The predicted octanol–water partition coefficient (Wildman–Crippen LogP) is 12.0. The molecule has 0 atom stereocenters. The van der Waals surface area contributed by atoms with Crippen LogP contribution in [0.2, 0.25) is 0 Å². The molecule has 42 heavy (non-hydrogen) atoms. The summed E-state index contributed by atoms with van der Waals surface area (Å²) in [5.41, 5.74) is 0. The monoisotopic (exact) mass is 592 g/mol. The maximum absolute atomic E-state index is 12.7. The summed E-state index contributed by atoms with van der Waals surface area (Å²) in [4.78, 5) is 25.5. The maximum Gasteiger partial charge on any atom is 0.320 e. The van der Waals surface area contributed by atoms with Gasteiger partial charge in [0, 0.05) is 0 Å². The van der Waals surface area contributed by atoms with Crippen LogP contribution in [-0.2, 0) is 9.59 Å². The number of hydrogen-bond acceptors (Lipinski definition) is 3. The van der Waals surface area contributed by atoms with Crippen LogP contribution in [-0.4, -0.2) is 35.9 Å². The molecule has 4 nitrogen and oxygen atoms in total. The fourth-order valence-electron chi connectivity index (χ4n) is 5.39. The number of imide groups is 1. The van der Waals surface area contributed by atoms with Gasteiger partial charge in [0.2, 0.25) is 0 Å². The Morgan fingerprint density at radius 3 is 0.929 bits per heavy atom. The highest BCUT2D eigenvalue weighted by Gasteiger charge is 2.33. The first-order valence-corrected chi connectivity index (χ1v) is 18.2. The van der Waals surface area contributed by atoms with Crippen molar-refractivity contribution < 1.29 is 19.5 Å². The summed E-state index contributed by atoms with van der Waals surface area (Å²) >= 11 is 0. The topological polar surface area (TPSA) is 64.1 Å². The first kappa shape index (κ1) is 42.9. The second-order valence-corrected chi connectivity index (χ2v) is 12.9. The summed E-state index contributed by atoms with van der Waals surface area (Å²) in [6.07, 6.45) is 43.1. The molecule has 0 aliphatic heterocycles. The molecule has 0 aromatic heterocycles. The van der Waals surface area contributed by atoms with Crippen molar-refractivity contribution in [2.24, 2.45) is 0 Å². The standard InChI is InChI=1S/C38H72NO2.H2O/c1-5-7-9-11-13-15-17-19-21-23-25-27-29-31-33-35-37(40)39(3,4)38(41)36-34-32-30-28-26-24-22-20-18-16-14-12-10-8-6-2;/h19-22H,5-18,23-36H2,1-4H3;1H2/q+1;/p-1/b21-19-,22-20-;. The molecule has 0 aromatic carbocycles. The van der Waals surface area contributed by atoms with Gasteiger partial charge in [0.15, 0.2) is 0 Å². The van der Waals surface area contributed by atoms with Gasteiger partial charge < -0.3 is 5.48 Å².